The number of nitrogen functional groups attached to an aromatic ring is 1. The average Bonchev–Trinajstić information content (AvgIpc) is 2.34. The molecule has 0 fully saturated rings. The molecule has 4 heteroatoms. The van der Waals surface area contributed by atoms with Crippen molar-refractivity contribution < 1.29 is 9.13 Å². The van der Waals surface area contributed by atoms with Crippen LogP contribution in [0, 0.1) is 12.7 Å². The van der Waals surface area contributed by atoms with Crippen LogP contribution in [0.25, 0.3) is 0 Å². The summed E-state index contributed by atoms with van der Waals surface area (Å²) >= 11 is 0. The summed E-state index contributed by atoms with van der Waals surface area (Å²) in [4.78, 5) is 0. The van der Waals surface area contributed by atoms with Gasteiger partial charge in [0.15, 0.2) is 0 Å². The Labute approximate surface area is 105 Å². The van der Waals surface area contributed by atoms with E-state index in [1.54, 1.807) is 6.07 Å². The van der Waals surface area contributed by atoms with Gasteiger partial charge in [-0.3, -0.25) is 0 Å². The van der Waals surface area contributed by atoms with Crippen molar-refractivity contribution >= 4 is 17.1 Å². The lowest BCUT2D eigenvalue weighted by molar-refractivity contribution is 0.413. The number of benzene rings is 2. The first-order valence-corrected chi connectivity index (χ1v) is 5.57. The Balaban J connectivity index is 2.33. The van der Waals surface area contributed by atoms with Gasteiger partial charge in [0.25, 0.3) is 0 Å². The molecule has 0 aliphatic rings. The molecule has 2 rings (SSSR count). The molecule has 0 aliphatic heterocycles. The third kappa shape index (κ3) is 2.53. The van der Waals surface area contributed by atoms with E-state index in [0.717, 1.165) is 11.3 Å². The molecule has 0 saturated heterocycles. The number of ether oxygens (including phenoxy) is 1. The Hall–Kier alpha value is -2.23. The van der Waals surface area contributed by atoms with E-state index in [4.69, 9.17) is 10.5 Å². The van der Waals surface area contributed by atoms with Crippen molar-refractivity contribution in [1.29, 1.82) is 0 Å². The Kier molecular flexibility index (Phi) is 3.37. The van der Waals surface area contributed by atoms with Gasteiger partial charge < -0.3 is 15.8 Å². The predicted molar refractivity (Wildman–Crippen MR) is 71.8 cm³/mol. The van der Waals surface area contributed by atoms with Gasteiger partial charge in [0.1, 0.15) is 11.6 Å². The zero-order valence-electron chi connectivity index (χ0n) is 10.3. The average molecular weight is 246 g/mol. The number of methoxy groups -OCH3 is 1. The van der Waals surface area contributed by atoms with Crippen LogP contribution in [0.5, 0.6) is 5.75 Å². The minimum absolute atomic E-state index is 0.339. The highest BCUT2D eigenvalue weighted by atomic mass is 19.1. The third-order valence-corrected chi connectivity index (χ3v) is 2.64. The van der Waals surface area contributed by atoms with Crippen LogP contribution in [0.1, 0.15) is 5.56 Å². The molecule has 0 aromatic heterocycles. The van der Waals surface area contributed by atoms with Gasteiger partial charge >= 0.3 is 0 Å². The summed E-state index contributed by atoms with van der Waals surface area (Å²) in [6.07, 6.45) is 0. The second-order valence-corrected chi connectivity index (χ2v) is 4.06. The molecular formula is C14H15FN2O. The van der Waals surface area contributed by atoms with E-state index in [1.807, 2.05) is 25.1 Å². The highest BCUT2D eigenvalue weighted by Gasteiger charge is 2.06. The van der Waals surface area contributed by atoms with Gasteiger partial charge in [0.05, 0.1) is 24.2 Å². The van der Waals surface area contributed by atoms with E-state index in [-0.39, 0.29) is 5.82 Å². The van der Waals surface area contributed by atoms with Gasteiger partial charge in [-0.2, -0.15) is 0 Å². The van der Waals surface area contributed by atoms with Crippen molar-refractivity contribution in [2.24, 2.45) is 0 Å². The number of rotatable bonds is 3. The molecule has 18 heavy (non-hydrogen) atoms. The van der Waals surface area contributed by atoms with Crippen molar-refractivity contribution in [3.63, 3.8) is 0 Å². The Morgan fingerprint density at radius 3 is 2.50 bits per heavy atom. The number of anilines is 3. The molecule has 0 unspecified atom stereocenters. The predicted octanol–water partition coefficient (Wildman–Crippen LogP) is 3.47. The molecule has 3 nitrogen and oxygen atoms in total. The maximum Gasteiger partial charge on any atom is 0.145 e. The highest BCUT2D eigenvalue weighted by Crippen LogP contribution is 2.30. The van der Waals surface area contributed by atoms with E-state index in [1.165, 1.54) is 19.2 Å². The van der Waals surface area contributed by atoms with E-state index in [9.17, 15) is 4.39 Å². The minimum atomic E-state index is -0.339. The maximum absolute atomic E-state index is 13.1. The van der Waals surface area contributed by atoms with Crippen molar-refractivity contribution in [3.05, 3.63) is 47.8 Å². The molecule has 0 heterocycles. The quantitative estimate of drug-likeness (QED) is 0.815. The minimum Gasteiger partial charge on any atom is -0.494 e. The van der Waals surface area contributed by atoms with Crippen molar-refractivity contribution in [3.8, 4) is 5.75 Å². The van der Waals surface area contributed by atoms with Gasteiger partial charge in [-0.15, -0.1) is 0 Å². The van der Waals surface area contributed by atoms with E-state index in [2.05, 4.69) is 5.32 Å². The molecule has 3 N–H and O–H groups in total. The van der Waals surface area contributed by atoms with E-state index in [0.29, 0.717) is 17.1 Å². The van der Waals surface area contributed by atoms with E-state index < -0.39 is 0 Å². The van der Waals surface area contributed by atoms with Crippen LogP contribution < -0.4 is 15.8 Å². The normalized spacial score (nSPS) is 10.2. The molecule has 2 aromatic carbocycles. The van der Waals surface area contributed by atoms with Crippen LogP contribution in [0.4, 0.5) is 21.5 Å². The summed E-state index contributed by atoms with van der Waals surface area (Å²) < 4.78 is 18.2. The van der Waals surface area contributed by atoms with Gasteiger partial charge in [-0.05, 0) is 36.8 Å². The smallest absolute Gasteiger partial charge is 0.145 e. The van der Waals surface area contributed by atoms with Gasteiger partial charge in [-0.1, -0.05) is 6.07 Å². The van der Waals surface area contributed by atoms with Crippen LogP contribution in [0.3, 0.4) is 0 Å². The van der Waals surface area contributed by atoms with Crippen LogP contribution in [0.15, 0.2) is 36.4 Å². The summed E-state index contributed by atoms with van der Waals surface area (Å²) in [6, 6.07) is 10.0. The van der Waals surface area contributed by atoms with Crippen LogP contribution >= 0.6 is 0 Å². The zero-order valence-corrected chi connectivity index (χ0v) is 10.3. The lowest BCUT2D eigenvalue weighted by atomic mass is 10.2. The third-order valence-electron chi connectivity index (χ3n) is 2.64. The summed E-state index contributed by atoms with van der Waals surface area (Å²) in [7, 11) is 1.50. The Morgan fingerprint density at radius 2 is 1.83 bits per heavy atom. The number of nitrogens with two attached hydrogens (primary N) is 1. The fraction of sp³-hybridized carbons (Fsp3) is 0.143. The molecular weight excluding hydrogens is 231 g/mol. The zero-order chi connectivity index (χ0) is 13.1. The second-order valence-electron chi connectivity index (χ2n) is 4.06. The fourth-order valence-electron chi connectivity index (χ4n) is 1.71. The lowest BCUT2D eigenvalue weighted by Crippen LogP contribution is -1.99. The summed E-state index contributed by atoms with van der Waals surface area (Å²) in [5.41, 5.74) is 9.08. The second kappa shape index (κ2) is 4.96. The van der Waals surface area contributed by atoms with Gasteiger partial charge in [-0.25, -0.2) is 4.39 Å². The first-order chi connectivity index (χ1) is 8.60. The molecule has 0 atom stereocenters. The Morgan fingerprint density at radius 1 is 1.11 bits per heavy atom. The molecule has 0 aliphatic carbocycles. The number of aryl methyl sites for hydroxylation is 1. The highest BCUT2D eigenvalue weighted by molar-refractivity contribution is 5.75. The monoisotopic (exact) mass is 246 g/mol. The van der Waals surface area contributed by atoms with Crippen LogP contribution in [-0.4, -0.2) is 7.11 Å². The van der Waals surface area contributed by atoms with Crippen molar-refractivity contribution in [2.45, 2.75) is 6.92 Å². The lowest BCUT2D eigenvalue weighted by Gasteiger charge is -2.13. The number of hydrogen-bond acceptors (Lipinski definition) is 3. The van der Waals surface area contributed by atoms with Gasteiger partial charge in [0, 0.05) is 6.07 Å². The number of hydrogen-bond donors (Lipinski definition) is 2. The fourth-order valence-corrected chi connectivity index (χ4v) is 1.71. The molecule has 0 saturated carbocycles. The van der Waals surface area contributed by atoms with E-state index >= 15 is 0 Å². The molecule has 0 radical (unpaired) electrons. The maximum atomic E-state index is 13.1. The molecule has 94 valence electrons. The summed E-state index contributed by atoms with van der Waals surface area (Å²) in [5, 5.41) is 3.13. The molecule has 0 amide bonds. The summed E-state index contributed by atoms with van der Waals surface area (Å²) in [6.45, 7) is 1.97. The molecule has 0 bridgehead atoms. The first-order valence-electron chi connectivity index (χ1n) is 5.57. The topological polar surface area (TPSA) is 47.3 Å². The Bertz CT molecular complexity index is 570. The van der Waals surface area contributed by atoms with Gasteiger partial charge in [0.2, 0.25) is 0 Å². The summed E-state index contributed by atoms with van der Waals surface area (Å²) in [5.74, 6) is 0.101. The van der Waals surface area contributed by atoms with Crippen LogP contribution in [-0.2, 0) is 0 Å². The number of halogens is 1. The van der Waals surface area contributed by atoms with Crippen molar-refractivity contribution in [2.75, 3.05) is 18.2 Å². The first kappa shape index (κ1) is 12.2. The SMILES string of the molecule is COc1cc(F)ccc1Nc1ccc(C)cc1N. The molecule has 0 spiro atoms. The van der Waals surface area contributed by atoms with Crippen molar-refractivity contribution in [1.82, 2.24) is 0 Å². The number of nitrogens with one attached hydrogen (secondary N) is 1. The standard InChI is InChI=1S/C14H15FN2O/c1-9-3-5-12(11(16)7-9)17-13-6-4-10(15)8-14(13)18-2/h3-8,17H,16H2,1-2H3. The molecule has 2 aromatic rings. The largest absolute Gasteiger partial charge is 0.494 e. The van der Waals surface area contributed by atoms with Crippen LogP contribution in [0.2, 0.25) is 0 Å².